The topological polar surface area (TPSA) is 75.3 Å². The van der Waals surface area contributed by atoms with Gasteiger partial charge in [0.25, 0.3) is 0 Å². The van der Waals surface area contributed by atoms with Crippen molar-refractivity contribution in [3.05, 3.63) is 0 Å². The molecule has 3 atom stereocenters. The molecule has 0 aliphatic rings. The highest BCUT2D eigenvalue weighted by Gasteiger charge is 2.32. The SMILES string of the molecule is CCCNC(C)(CC(C)SC(C)CO)C(N)=O. The fourth-order valence-electron chi connectivity index (χ4n) is 1.72. The zero-order chi connectivity index (χ0) is 13.5. The van der Waals surface area contributed by atoms with E-state index in [1.807, 2.05) is 13.8 Å². The third-order valence-corrected chi connectivity index (χ3v) is 3.97. The lowest BCUT2D eigenvalue weighted by Crippen LogP contribution is -2.54. The van der Waals surface area contributed by atoms with Gasteiger partial charge in [0.2, 0.25) is 5.91 Å². The van der Waals surface area contributed by atoms with E-state index < -0.39 is 5.54 Å². The van der Waals surface area contributed by atoms with Crippen LogP contribution in [0, 0.1) is 0 Å². The second kappa shape index (κ2) is 7.95. The average Bonchev–Trinajstić information content (AvgIpc) is 2.25. The van der Waals surface area contributed by atoms with Crippen molar-refractivity contribution in [1.29, 1.82) is 0 Å². The van der Waals surface area contributed by atoms with Gasteiger partial charge in [-0.25, -0.2) is 0 Å². The van der Waals surface area contributed by atoms with Crippen LogP contribution in [0.4, 0.5) is 0 Å². The molecule has 0 rings (SSSR count). The molecule has 1 amide bonds. The highest BCUT2D eigenvalue weighted by Crippen LogP contribution is 2.25. The van der Waals surface area contributed by atoms with Gasteiger partial charge in [0.15, 0.2) is 0 Å². The third kappa shape index (κ3) is 6.29. The first-order chi connectivity index (χ1) is 7.85. The van der Waals surface area contributed by atoms with Gasteiger partial charge in [-0.3, -0.25) is 4.79 Å². The molecule has 4 N–H and O–H groups in total. The van der Waals surface area contributed by atoms with E-state index in [1.165, 1.54) is 0 Å². The number of aliphatic hydroxyl groups excluding tert-OH is 1. The van der Waals surface area contributed by atoms with Crippen molar-refractivity contribution >= 4 is 17.7 Å². The molecule has 4 nitrogen and oxygen atoms in total. The predicted octanol–water partition coefficient (Wildman–Crippen LogP) is 1.12. The maximum absolute atomic E-state index is 11.5. The maximum atomic E-state index is 11.5. The van der Waals surface area contributed by atoms with Gasteiger partial charge in [-0.2, -0.15) is 11.8 Å². The van der Waals surface area contributed by atoms with Gasteiger partial charge >= 0.3 is 0 Å². The fraction of sp³-hybridized carbons (Fsp3) is 0.917. The summed E-state index contributed by atoms with van der Waals surface area (Å²) < 4.78 is 0. The van der Waals surface area contributed by atoms with E-state index in [2.05, 4.69) is 19.2 Å². The lowest BCUT2D eigenvalue weighted by Gasteiger charge is -2.30. The minimum atomic E-state index is -0.655. The van der Waals surface area contributed by atoms with E-state index >= 15 is 0 Å². The first-order valence-corrected chi connectivity index (χ1v) is 7.11. The Morgan fingerprint density at radius 3 is 2.47 bits per heavy atom. The first kappa shape index (κ1) is 16.7. The van der Waals surface area contributed by atoms with Crippen LogP contribution in [0.2, 0.25) is 0 Å². The fourth-order valence-corrected chi connectivity index (χ4v) is 3.03. The standard InChI is InChI=1S/C12H26N2O2S/c1-5-6-14-12(4,11(13)16)7-9(2)17-10(3)8-15/h9-10,14-15H,5-8H2,1-4H3,(H2,13,16). The summed E-state index contributed by atoms with van der Waals surface area (Å²) in [5.74, 6) is -0.310. The van der Waals surface area contributed by atoms with Crippen molar-refractivity contribution in [2.24, 2.45) is 5.73 Å². The van der Waals surface area contributed by atoms with Crippen LogP contribution in [0.25, 0.3) is 0 Å². The van der Waals surface area contributed by atoms with Gasteiger partial charge in [-0.1, -0.05) is 20.8 Å². The lowest BCUT2D eigenvalue weighted by molar-refractivity contribution is -0.124. The van der Waals surface area contributed by atoms with Gasteiger partial charge in [0.05, 0.1) is 12.1 Å². The Morgan fingerprint density at radius 2 is 2.06 bits per heavy atom. The van der Waals surface area contributed by atoms with Crippen molar-refractivity contribution < 1.29 is 9.90 Å². The number of primary amides is 1. The number of carbonyl (C=O) groups is 1. The summed E-state index contributed by atoms with van der Waals surface area (Å²) in [4.78, 5) is 11.5. The zero-order valence-electron chi connectivity index (χ0n) is 11.3. The van der Waals surface area contributed by atoms with Crippen molar-refractivity contribution in [3.63, 3.8) is 0 Å². The molecule has 102 valence electrons. The highest BCUT2D eigenvalue weighted by molar-refractivity contribution is 8.00. The number of hydrogen-bond acceptors (Lipinski definition) is 4. The number of thioether (sulfide) groups is 1. The largest absolute Gasteiger partial charge is 0.395 e. The molecule has 0 heterocycles. The summed E-state index contributed by atoms with van der Waals surface area (Å²) in [6.07, 6.45) is 1.65. The molecule has 0 spiro atoms. The second-order valence-corrected chi connectivity index (χ2v) is 6.65. The van der Waals surface area contributed by atoms with Crippen LogP contribution < -0.4 is 11.1 Å². The summed E-state index contributed by atoms with van der Waals surface area (Å²) in [7, 11) is 0. The van der Waals surface area contributed by atoms with Gasteiger partial charge in [0.1, 0.15) is 0 Å². The van der Waals surface area contributed by atoms with E-state index in [0.29, 0.717) is 6.42 Å². The smallest absolute Gasteiger partial charge is 0.237 e. The molecule has 0 bridgehead atoms. The Bertz CT molecular complexity index is 239. The minimum Gasteiger partial charge on any atom is -0.395 e. The summed E-state index contributed by atoms with van der Waals surface area (Å²) >= 11 is 1.68. The van der Waals surface area contributed by atoms with Crippen LogP contribution in [0.3, 0.4) is 0 Å². The Labute approximate surface area is 109 Å². The molecule has 0 saturated heterocycles. The van der Waals surface area contributed by atoms with Crippen molar-refractivity contribution in [2.75, 3.05) is 13.2 Å². The molecule has 3 unspecified atom stereocenters. The predicted molar refractivity (Wildman–Crippen MR) is 74.1 cm³/mol. The van der Waals surface area contributed by atoms with Crippen molar-refractivity contribution in [1.82, 2.24) is 5.32 Å². The van der Waals surface area contributed by atoms with Crippen molar-refractivity contribution in [2.45, 2.75) is 56.6 Å². The van der Waals surface area contributed by atoms with Gasteiger partial charge in [-0.15, -0.1) is 0 Å². The molecule has 0 aromatic heterocycles. The summed E-state index contributed by atoms with van der Waals surface area (Å²) in [6.45, 7) is 8.89. The molecule has 0 aromatic carbocycles. The number of aliphatic hydroxyl groups is 1. The van der Waals surface area contributed by atoms with Crippen LogP contribution in [-0.2, 0) is 4.79 Å². The molecular weight excluding hydrogens is 236 g/mol. The molecule has 0 aliphatic carbocycles. The molecule has 0 saturated carbocycles. The average molecular weight is 262 g/mol. The van der Waals surface area contributed by atoms with E-state index in [-0.39, 0.29) is 23.0 Å². The van der Waals surface area contributed by atoms with Crippen LogP contribution in [0.5, 0.6) is 0 Å². The Morgan fingerprint density at radius 1 is 1.47 bits per heavy atom. The van der Waals surface area contributed by atoms with Crippen molar-refractivity contribution in [3.8, 4) is 0 Å². The second-order valence-electron chi connectivity index (χ2n) is 4.77. The molecule has 17 heavy (non-hydrogen) atoms. The maximum Gasteiger partial charge on any atom is 0.237 e. The summed E-state index contributed by atoms with van der Waals surface area (Å²) in [6, 6.07) is 0. The molecule has 0 radical (unpaired) electrons. The number of hydrogen-bond donors (Lipinski definition) is 3. The lowest BCUT2D eigenvalue weighted by atomic mass is 9.95. The normalized spacial score (nSPS) is 18.4. The molecular formula is C12H26N2O2S. The van der Waals surface area contributed by atoms with E-state index in [0.717, 1.165) is 13.0 Å². The molecule has 0 fully saturated rings. The van der Waals surface area contributed by atoms with E-state index in [4.69, 9.17) is 10.8 Å². The highest BCUT2D eigenvalue weighted by atomic mass is 32.2. The molecule has 0 aromatic rings. The quantitative estimate of drug-likeness (QED) is 0.582. The Kier molecular flexibility index (Phi) is 7.83. The third-order valence-electron chi connectivity index (χ3n) is 2.73. The van der Waals surface area contributed by atoms with Crippen LogP contribution in [-0.4, -0.2) is 40.2 Å². The Hall–Kier alpha value is -0.260. The summed E-state index contributed by atoms with van der Waals surface area (Å²) in [5, 5.41) is 12.7. The zero-order valence-corrected chi connectivity index (χ0v) is 12.1. The van der Waals surface area contributed by atoms with Crippen LogP contribution >= 0.6 is 11.8 Å². The number of amides is 1. The van der Waals surface area contributed by atoms with E-state index in [9.17, 15) is 4.79 Å². The number of nitrogens with one attached hydrogen (secondary N) is 1. The summed E-state index contributed by atoms with van der Waals surface area (Å²) in [5.41, 5.74) is 4.81. The minimum absolute atomic E-state index is 0.157. The van der Waals surface area contributed by atoms with Gasteiger partial charge < -0.3 is 16.2 Å². The first-order valence-electron chi connectivity index (χ1n) is 6.17. The Balaban J connectivity index is 4.37. The number of rotatable bonds is 9. The molecule has 0 aliphatic heterocycles. The number of nitrogens with two attached hydrogens (primary N) is 1. The number of carbonyl (C=O) groups excluding carboxylic acids is 1. The van der Waals surface area contributed by atoms with E-state index in [1.54, 1.807) is 11.8 Å². The van der Waals surface area contributed by atoms with Crippen LogP contribution in [0.1, 0.15) is 40.5 Å². The van der Waals surface area contributed by atoms with Gasteiger partial charge in [0, 0.05) is 10.5 Å². The van der Waals surface area contributed by atoms with Gasteiger partial charge in [-0.05, 0) is 26.3 Å². The van der Waals surface area contributed by atoms with Crippen LogP contribution in [0.15, 0.2) is 0 Å². The monoisotopic (exact) mass is 262 g/mol. The molecule has 5 heteroatoms.